The standard InChI is InChI=1S/C7H11NO/c1-5-2-8-3-6(5)7(9)4-8/h5-6H,2-4H2,1H3. The fourth-order valence-corrected chi connectivity index (χ4v) is 1.95. The third kappa shape index (κ3) is 0.628. The molecule has 0 aliphatic carbocycles. The van der Waals surface area contributed by atoms with Crippen molar-refractivity contribution in [1.82, 2.24) is 4.90 Å². The summed E-state index contributed by atoms with van der Waals surface area (Å²) in [6.45, 7) is 5.09. The first-order chi connectivity index (χ1) is 4.27. The molecule has 2 rings (SSSR count). The molecule has 2 heterocycles. The van der Waals surface area contributed by atoms with Crippen LogP contribution >= 0.6 is 0 Å². The van der Waals surface area contributed by atoms with Gasteiger partial charge in [-0.1, -0.05) is 6.92 Å². The van der Waals surface area contributed by atoms with Crippen LogP contribution in [0.2, 0.25) is 0 Å². The number of hydrogen-bond acceptors (Lipinski definition) is 2. The van der Waals surface area contributed by atoms with Crippen molar-refractivity contribution >= 4 is 5.78 Å². The Morgan fingerprint density at radius 1 is 1.56 bits per heavy atom. The molecule has 0 spiro atoms. The van der Waals surface area contributed by atoms with Crippen molar-refractivity contribution in [2.75, 3.05) is 19.6 Å². The van der Waals surface area contributed by atoms with Crippen LogP contribution in [0.1, 0.15) is 6.92 Å². The van der Waals surface area contributed by atoms with E-state index in [1.807, 2.05) is 0 Å². The van der Waals surface area contributed by atoms with Crippen molar-refractivity contribution < 1.29 is 4.79 Å². The van der Waals surface area contributed by atoms with Crippen molar-refractivity contribution in [3.63, 3.8) is 0 Å². The summed E-state index contributed by atoms with van der Waals surface area (Å²) < 4.78 is 0. The Balaban J connectivity index is 2.21. The lowest BCUT2D eigenvalue weighted by atomic mass is 9.94. The molecule has 2 nitrogen and oxygen atoms in total. The summed E-state index contributed by atoms with van der Waals surface area (Å²) in [5.41, 5.74) is 0. The number of Topliss-reactive ketones (excluding diaryl/α,β-unsaturated/α-hetero) is 1. The van der Waals surface area contributed by atoms with Gasteiger partial charge in [-0.2, -0.15) is 0 Å². The first-order valence-electron chi connectivity index (χ1n) is 3.52. The van der Waals surface area contributed by atoms with Gasteiger partial charge in [-0.15, -0.1) is 0 Å². The lowest BCUT2D eigenvalue weighted by molar-refractivity contribution is -0.122. The second-order valence-electron chi connectivity index (χ2n) is 3.24. The Morgan fingerprint density at radius 2 is 2.33 bits per heavy atom. The maximum atomic E-state index is 11.0. The molecule has 3 unspecified atom stereocenters. The molecule has 2 saturated heterocycles. The summed E-state index contributed by atoms with van der Waals surface area (Å²) in [5.74, 6) is 1.49. The predicted octanol–water partition coefficient (Wildman–Crippen LogP) is 0.137. The molecule has 3 atom stereocenters. The minimum atomic E-state index is 0.394. The van der Waals surface area contributed by atoms with E-state index in [2.05, 4.69) is 11.8 Å². The van der Waals surface area contributed by atoms with Crippen molar-refractivity contribution in [2.45, 2.75) is 6.92 Å². The van der Waals surface area contributed by atoms with Gasteiger partial charge in [-0.3, -0.25) is 9.69 Å². The zero-order valence-corrected chi connectivity index (χ0v) is 5.63. The number of nitrogens with zero attached hydrogens (tertiary/aromatic N) is 1. The summed E-state index contributed by atoms with van der Waals surface area (Å²) in [7, 11) is 0. The van der Waals surface area contributed by atoms with Gasteiger partial charge in [0.1, 0.15) is 0 Å². The molecule has 2 heteroatoms. The van der Waals surface area contributed by atoms with E-state index in [0.717, 1.165) is 19.6 Å². The summed E-state index contributed by atoms with van der Waals surface area (Å²) in [5, 5.41) is 0. The Hall–Kier alpha value is -0.370. The summed E-state index contributed by atoms with van der Waals surface area (Å²) >= 11 is 0. The molecule has 0 N–H and O–H groups in total. The van der Waals surface area contributed by atoms with Crippen molar-refractivity contribution in [2.24, 2.45) is 11.8 Å². The van der Waals surface area contributed by atoms with E-state index in [1.54, 1.807) is 0 Å². The number of carbonyl (C=O) groups is 1. The number of hydrogen-bond donors (Lipinski definition) is 0. The van der Waals surface area contributed by atoms with Gasteiger partial charge in [-0.25, -0.2) is 0 Å². The number of rotatable bonds is 0. The van der Waals surface area contributed by atoms with E-state index >= 15 is 0 Å². The number of piperidine rings is 1. The highest BCUT2D eigenvalue weighted by atomic mass is 16.1. The van der Waals surface area contributed by atoms with Crippen LogP contribution in [0.3, 0.4) is 0 Å². The second-order valence-corrected chi connectivity index (χ2v) is 3.24. The zero-order valence-electron chi connectivity index (χ0n) is 5.63. The highest BCUT2D eigenvalue weighted by Gasteiger charge is 2.41. The van der Waals surface area contributed by atoms with Crippen LogP contribution in [-0.4, -0.2) is 30.3 Å². The highest BCUT2D eigenvalue weighted by molar-refractivity contribution is 5.86. The van der Waals surface area contributed by atoms with Crippen LogP contribution in [-0.2, 0) is 4.79 Å². The maximum Gasteiger partial charge on any atom is 0.151 e. The monoisotopic (exact) mass is 125 g/mol. The van der Waals surface area contributed by atoms with Gasteiger partial charge in [0, 0.05) is 19.0 Å². The SMILES string of the molecule is CC1CN2CC(=O)C1C2. The Kier molecular flexibility index (Phi) is 0.943. The van der Waals surface area contributed by atoms with E-state index in [0.29, 0.717) is 17.6 Å². The van der Waals surface area contributed by atoms with Crippen LogP contribution in [0, 0.1) is 11.8 Å². The number of fused-ring (bicyclic) bond motifs is 2. The molecule has 2 aliphatic rings. The molecular formula is C7H11NO. The number of carbonyl (C=O) groups excluding carboxylic acids is 1. The van der Waals surface area contributed by atoms with Crippen molar-refractivity contribution in [1.29, 1.82) is 0 Å². The van der Waals surface area contributed by atoms with E-state index in [9.17, 15) is 4.79 Å². The lowest BCUT2D eigenvalue weighted by Crippen LogP contribution is -2.28. The van der Waals surface area contributed by atoms with Gasteiger partial charge in [0.05, 0.1) is 6.54 Å². The normalized spacial score (nSPS) is 48.6. The Bertz CT molecular complexity index is 155. The van der Waals surface area contributed by atoms with E-state index in [4.69, 9.17) is 0 Å². The molecule has 0 saturated carbocycles. The molecule has 9 heavy (non-hydrogen) atoms. The van der Waals surface area contributed by atoms with Crippen LogP contribution in [0.4, 0.5) is 0 Å². The Labute approximate surface area is 54.8 Å². The molecule has 2 bridgehead atoms. The summed E-state index contributed by atoms with van der Waals surface area (Å²) in [4.78, 5) is 13.3. The number of ketones is 1. The first-order valence-corrected chi connectivity index (χ1v) is 3.52. The van der Waals surface area contributed by atoms with Crippen LogP contribution in [0.15, 0.2) is 0 Å². The fraction of sp³-hybridized carbons (Fsp3) is 0.857. The molecule has 2 fully saturated rings. The second kappa shape index (κ2) is 1.57. The van der Waals surface area contributed by atoms with Gasteiger partial charge < -0.3 is 0 Å². The van der Waals surface area contributed by atoms with Gasteiger partial charge in [0.25, 0.3) is 0 Å². The summed E-state index contributed by atoms with van der Waals surface area (Å²) in [6, 6.07) is 0. The van der Waals surface area contributed by atoms with E-state index in [1.165, 1.54) is 0 Å². The van der Waals surface area contributed by atoms with E-state index < -0.39 is 0 Å². The van der Waals surface area contributed by atoms with Crippen molar-refractivity contribution in [3.05, 3.63) is 0 Å². The molecular weight excluding hydrogens is 114 g/mol. The third-order valence-electron chi connectivity index (χ3n) is 2.48. The van der Waals surface area contributed by atoms with Crippen molar-refractivity contribution in [3.8, 4) is 0 Å². The average Bonchev–Trinajstić information content (AvgIpc) is 2.22. The van der Waals surface area contributed by atoms with Crippen LogP contribution < -0.4 is 0 Å². The molecule has 0 aromatic heterocycles. The lowest BCUT2D eigenvalue weighted by Gasteiger charge is -2.15. The smallest absolute Gasteiger partial charge is 0.151 e. The molecule has 0 radical (unpaired) electrons. The summed E-state index contributed by atoms with van der Waals surface area (Å²) in [6.07, 6.45) is 0. The fourth-order valence-electron chi connectivity index (χ4n) is 1.95. The average molecular weight is 125 g/mol. The van der Waals surface area contributed by atoms with Crippen LogP contribution in [0.5, 0.6) is 0 Å². The van der Waals surface area contributed by atoms with Gasteiger partial charge in [-0.05, 0) is 5.92 Å². The molecule has 0 amide bonds. The highest BCUT2D eigenvalue weighted by Crippen LogP contribution is 2.29. The molecule has 50 valence electrons. The zero-order chi connectivity index (χ0) is 6.43. The molecule has 0 aromatic carbocycles. The van der Waals surface area contributed by atoms with Gasteiger partial charge >= 0.3 is 0 Å². The minimum Gasteiger partial charge on any atom is -0.298 e. The Morgan fingerprint density at radius 3 is 2.67 bits per heavy atom. The van der Waals surface area contributed by atoms with Crippen LogP contribution in [0.25, 0.3) is 0 Å². The van der Waals surface area contributed by atoms with Gasteiger partial charge in [0.2, 0.25) is 0 Å². The van der Waals surface area contributed by atoms with Gasteiger partial charge in [0.15, 0.2) is 5.78 Å². The van der Waals surface area contributed by atoms with E-state index in [-0.39, 0.29) is 0 Å². The third-order valence-corrected chi connectivity index (χ3v) is 2.48. The maximum absolute atomic E-state index is 11.0. The minimum absolute atomic E-state index is 0.394. The molecule has 2 aliphatic heterocycles. The largest absolute Gasteiger partial charge is 0.298 e. The predicted molar refractivity (Wildman–Crippen MR) is 34.1 cm³/mol. The topological polar surface area (TPSA) is 20.3 Å². The first kappa shape index (κ1) is 5.42. The molecule has 0 aromatic rings. The quantitative estimate of drug-likeness (QED) is 0.459.